The number of hydrogen-bond donors (Lipinski definition) is 3. The van der Waals surface area contributed by atoms with Crippen LogP contribution in [0.15, 0.2) is 36.5 Å². The molecule has 0 radical (unpaired) electrons. The molecule has 0 bridgehead atoms. The third-order valence-electron chi connectivity index (χ3n) is 3.20. The average Bonchev–Trinajstić information content (AvgIpc) is 2.53. The Morgan fingerprint density at radius 1 is 1.09 bits per heavy atom. The van der Waals surface area contributed by atoms with Gasteiger partial charge in [-0.1, -0.05) is 24.3 Å². The number of nitrogens with two attached hydrogens (primary N) is 1. The number of fused-ring (bicyclic) bond motifs is 1. The zero-order valence-electron chi connectivity index (χ0n) is 11.8. The van der Waals surface area contributed by atoms with Crippen molar-refractivity contribution in [3.05, 3.63) is 53.2 Å². The monoisotopic (exact) mass is 308 g/mol. The number of pyridine rings is 1. The summed E-state index contributed by atoms with van der Waals surface area (Å²) in [5, 5.41) is 19.1. The SMILES string of the molecule is Nc1nc(O)c2cc(/C=C/c3ccc(C(=O)O)cc3)cnc2n1. The van der Waals surface area contributed by atoms with Gasteiger partial charge in [0.1, 0.15) is 0 Å². The van der Waals surface area contributed by atoms with Gasteiger partial charge >= 0.3 is 5.97 Å². The van der Waals surface area contributed by atoms with Crippen LogP contribution in [0.2, 0.25) is 0 Å². The van der Waals surface area contributed by atoms with Gasteiger partial charge in [0.05, 0.1) is 10.9 Å². The van der Waals surface area contributed by atoms with Crippen LogP contribution < -0.4 is 5.73 Å². The molecule has 0 fully saturated rings. The summed E-state index contributed by atoms with van der Waals surface area (Å²) in [6.07, 6.45) is 5.19. The Labute approximate surface area is 130 Å². The highest BCUT2D eigenvalue weighted by Crippen LogP contribution is 2.22. The average molecular weight is 308 g/mol. The van der Waals surface area contributed by atoms with Gasteiger partial charge in [0.25, 0.3) is 0 Å². The minimum Gasteiger partial charge on any atom is -0.493 e. The van der Waals surface area contributed by atoms with Crippen molar-refractivity contribution in [2.24, 2.45) is 0 Å². The van der Waals surface area contributed by atoms with Crippen LogP contribution in [0.3, 0.4) is 0 Å². The molecule has 0 aliphatic carbocycles. The van der Waals surface area contributed by atoms with Crippen molar-refractivity contribution in [1.29, 1.82) is 0 Å². The van der Waals surface area contributed by atoms with Crippen molar-refractivity contribution in [2.75, 3.05) is 5.73 Å². The molecule has 7 nitrogen and oxygen atoms in total. The van der Waals surface area contributed by atoms with Gasteiger partial charge in [-0.05, 0) is 29.3 Å². The van der Waals surface area contributed by atoms with E-state index in [0.29, 0.717) is 11.0 Å². The molecule has 0 saturated heterocycles. The molecular formula is C16H12N4O3. The molecule has 0 aliphatic heterocycles. The minimum absolute atomic E-state index is 0.0377. The predicted octanol–water partition coefficient (Wildman–Crippen LogP) is 2.18. The van der Waals surface area contributed by atoms with Crippen LogP contribution in [-0.4, -0.2) is 31.1 Å². The lowest BCUT2D eigenvalue weighted by Crippen LogP contribution is -1.96. The molecule has 2 aromatic heterocycles. The van der Waals surface area contributed by atoms with Crippen molar-refractivity contribution in [3.8, 4) is 5.88 Å². The van der Waals surface area contributed by atoms with E-state index >= 15 is 0 Å². The first kappa shape index (κ1) is 14.5. The van der Waals surface area contributed by atoms with Gasteiger partial charge in [0, 0.05) is 6.20 Å². The first-order valence-electron chi connectivity index (χ1n) is 6.66. The zero-order chi connectivity index (χ0) is 16.4. The van der Waals surface area contributed by atoms with Crippen molar-refractivity contribution in [2.45, 2.75) is 0 Å². The Morgan fingerprint density at radius 3 is 2.48 bits per heavy atom. The summed E-state index contributed by atoms with van der Waals surface area (Å²) in [4.78, 5) is 22.6. The summed E-state index contributed by atoms with van der Waals surface area (Å²) in [7, 11) is 0. The molecule has 23 heavy (non-hydrogen) atoms. The first-order chi connectivity index (χ1) is 11.0. The Morgan fingerprint density at radius 2 is 1.78 bits per heavy atom. The number of anilines is 1. The second-order valence-corrected chi connectivity index (χ2v) is 4.81. The van der Waals surface area contributed by atoms with E-state index in [2.05, 4.69) is 15.0 Å². The molecule has 0 atom stereocenters. The summed E-state index contributed by atoms with van der Waals surface area (Å²) in [5.74, 6) is -1.22. The molecule has 0 amide bonds. The lowest BCUT2D eigenvalue weighted by atomic mass is 10.1. The lowest BCUT2D eigenvalue weighted by molar-refractivity contribution is 0.0697. The van der Waals surface area contributed by atoms with E-state index in [1.54, 1.807) is 30.5 Å². The number of hydrogen-bond acceptors (Lipinski definition) is 6. The quantitative estimate of drug-likeness (QED) is 0.677. The highest BCUT2D eigenvalue weighted by molar-refractivity contribution is 5.88. The number of nitrogen functional groups attached to an aromatic ring is 1. The molecule has 7 heteroatoms. The maximum absolute atomic E-state index is 10.8. The first-order valence-corrected chi connectivity index (χ1v) is 6.66. The summed E-state index contributed by atoms with van der Waals surface area (Å²) in [6, 6.07) is 8.16. The van der Waals surface area contributed by atoms with Crippen molar-refractivity contribution in [1.82, 2.24) is 15.0 Å². The van der Waals surface area contributed by atoms with E-state index in [1.807, 2.05) is 6.08 Å². The molecule has 0 saturated carbocycles. The van der Waals surface area contributed by atoms with Crippen molar-refractivity contribution >= 4 is 35.1 Å². The van der Waals surface area contributed by atoms with Crippen LogP contribution in [0.25, 0.3) is 23.2 Å². The van der Waals surface area contributed by atoms with Crippen LogP contribution in [0.5, 0.6) is 5.88 Å². The summed E-state index contributed by atoms with van der Waals surface area (Å²) < 4.78 is 0. The smallest absolute Gasteiger partial charge is 0.335 e. The molecule has 0 aliphatic rings. The van der Waals surface area contributed by atoms with Gasteiger partial charge in [-0.2, -0.15) is 9.97 Å². The third kappa shape index (κ3) is 3.08. The normalized spacial score (nSPS) is 11.1. The highest BCUT2D eigenvalue weighted by atomic mass is 16.4. The number of aromatic nitrogens is 3. The summed E-state index contributed by atoms with van der Waals surface area (Å²) >= 11 is 0. The second kappa shape index (κ2) is 5.72. The molecule has 0 spiro atoms. The minimum atomic E-state index is -0.964. The zero-order valence-corrected chi connectivity index (χ0v) is 11.8. The topological polar surface area (TPSA) is 122 Å². The molecule has 4 N–H and O–H groups in total. The van der Waals surface area contributed by atoms with Crippen molar-refractivity contribution < 1.29 is 15.0 Å². The van der Waals surface area contributed by atoms with Crippen LogP contribution in [0.4, 0.5) is 5.95 Å². The number of benzene rings is 1. The molecule has 0 unspecified atom stereocenters. The van der Waals surface area contributed by atoms with Gasteiger partial charge in [-0.3, -0.25) is 0 Å². The van der Waals surface area contributed by atoms with Gasteiger partial charge in [0.15, 0.2) is 5.65 Å². The number of nitrogens with zero attached hydrogens (tertiary/aromatic N) is 3. The van der Waals surface area contributed by atoms with Gasteiger partial charge in [0.2, 0.25) is 11.8 Å². The summed E-state index contributed by atoms with van der Waals surface area (Å²) in [5.41, 5.74) is 7.58. The molecule has 2 heterocycles. The van der Waals surface area contributed by atoms with Crippen LogP contribution >= 0.6 is 0 Å². The molecule has 3 aromatic rings. The third-order valence-corrected chi connectivity index (χ3v) is 3.20. The van der Waals surface area contributed by atoms with E-state index in [9.17, 15) is 9.90 Å². The van der Waals surface area contributed by atoms with E-state index in [0.717, 1.165) is 11.1 Å². The van der Waals surface area contributed by atoms with Crippen LogP contribution in [-0.2, 0) is 0 Å². The van der Waals surface area contributed by atoms with Crippen LogP contribution in [0.1, 0.15) is 21.5 Å². The molecule has 1 aromatic carbocycles. The fourth-order valence-corrected chi connectivity index (χ4v) is 2.05. The van der Waals surface area contributed by atoms with E-state index < -0.39 is 5.97 Å². The summed E-state index contributed by atoms with van der Waals surface area (Å²) in [6.45, 7) is 0. The van der Waals surface area contributed by atoms with Gasteiger partial charge < -0.3 is 15.9 Å². The number of carboxylic acid groups (broad SMARTS) is 1. The Hall–Kier alpha value is -3.48. The van der Waals surface area contributed by atoms with Gasteiger partial charge in [-0.25, -0.2) is 9.78 Å². The fraction of sp³-hybridized carbons (Fsp3) is 0. The van der Waals surface area contributed by atoms with E-state index in [4.69, 9.17) is 10.8 Å². The maximum Gasteiger partial charge on any atom is 0.335 e. The Balaban J connectivity index is 1.90. The Bertz CT molecular complexity index is 921. The number of aromatic hydroxyl groups is 1. The van der Waals surface area contributed by atoms with Gasteiger partial charge in [-0.15, -0.1) is 0 Å². The van der Waals surface area contributed by atoms with Crippen LogP contribution in [0, 0.1) is 0 Å². The molecular weight excluding hydrogens is 296 g/mol. The molecule has 3 rings (SSSR count). The van der Waals surface area contributed by atoms with E-state index in [-0.39, 0.29) is 17.4 Å². The number of carbonyl (C=O) groups is 1. The lowest BCUT2D eigenvalue weighted by Gasteiger charge is -2.01. The highest BCUT2D eigenvalue weighted by Gasteiger charge is 2.06. The maximum atomic E-state index is 10.8. The number of aromatic carboxylic acids is 1. The number of carboxylic acids is 1. The largest absolute Gasteiger partial charge is 0.493 e. The second-order valence-electron chi connectivity index (χ2n) is 4.81. The Kier molecular flexibility index (Phi) is 3.60. The van der Waals surface area contributed by atoms with E-state index in [1.165, 1.54) is 12.1 Å². The fourth-order valence-electron chi connectivity index (χ4n) is 2.05. The molecule has 114 valence electrons. The predicted molar refractivity (Wildman–Crippen MR) is 85.7 cm³/mol. The number of rotatable bonds is 3. The van der Waals surface area contributed by atoms with Crippen molar-refractivity contribution in [3.63, 3.8) is 0 Å². The standard InChI is InChI=1S/C16H12N4O3/c17-16-19-13-12(14(21)20-16)7-10(8-18-13)2-1-9-3-5-11(6-4-9)15(22)23/h1-8H,(H,22,23)(H3,17,18,19,20,21)/b2-1+.